The maximum Gasteiger partial charge on any atom is 0.238 e. The highest BCUT2D eigenvalue weighted by Gasteiger charge is 2.22. The fourth-order valence-electron chi connectivity index (χ4n) is 2.88. The Morgan fingerprint density at radius 3 is 2.72 bits per heavy atom. The van der Waals surface area contributed by atoms with Crippen molar-refractivity contribution in [1.82, 2.24) is 4.90 Å². The molecule has 1 saturated heterocycles. The van der Waals surface area contributed by atoms with Gasteiger partial charge in [-0.2, -0.15) is 0 Å². The lowest BCUT2D eigenvalue weighted by molar-refractivity contribution is -0.117. The molecule has 7 heteroatoms. The van der Waals surface area contributed by atoms with Gasteiger partial charge < -0.3 is 10.1 Å². The van der Waals surface area contributed by atoms with Gasteiger partial charge in [0.2, 0.25) is 5.91 Å². The van der Waals surface area contributed by atoms with E-state index in [2.05, 4.69) is 16.3 Å². The monoisotopic (exact) mass is 398 g/mol. The Hall–Kier alpha value is -1.11. The third-order valence-corrected chi connectivity index (χ3v) is 5.53. The Labute approximate surface area is 161 Å². The van der Waals surface area contributed by atoms with Crippen molar-refractivity contribution in [2.45, 2.75) is 25.5 Å². The zero-order valence-corrected chi connectivity index (χ0v) is 16.0. The average Bonchev–Trinajstić information content (AvgIpc) is 3.25. The Bertz CT molecular complexity index is 683. The molecule has 0 spiro atoms. The highest BCUT2D eigenvalue weighted by molar-refractivity contribution is 7.09. The molecule has 1 aromatic heterocycles. The molecule has 1 fully saturated rings. The van der Waals surface area contributed by atoms with Crippen molar-refractivity contribution in [3.63, 3.8) is 0 Å². The lowest BCUT2D eigenvalue weighted by atomic mass is 10.2. The molecular weight excluding hydrogens is 379 g/mol. The van der Waals surface area contributed by atoms with Gasteiger partial charge >= 0.3 is 0 Å². The van der Waals surface area contributed by atoms with E-state index in [9.17, 15) is 4.79 Å². The number of para-hydroxylation sites is 1. The summed E-state index contributed by atoms with van der Waals surface area (Å²) in [7, 11) is 0. The molecule has 1 aliphatic rings. The second-order valence-corrected chi connectivity index (χ2v) is 7.88. The summed E-state index contributed by atoms with van der Waals surface area (Å²) in [5.41, 5.74) is 0.462. The second-order valence-electron chi connectivity index (χ2n) is 6.03. The van der Waals surface area contributed by atoms with E-state index in [1.54, 1.807) is 29.5 Å². The second kappa shape index (κ2) is 9.01. The zero-order chi connectivity index (χ0) is 17.6. The Kier molecular flexibility index (Phi) is 6.73. The number of halogens is 2. The summed E-state index contributed by atoms with van der Waals surface area (Å²) in [5, 5.41) is 5.75. The van der Waals surface area contributed by atoms with Crippen LogP contribution in [-0.2, 0) is 16.1 Å². The number of rotatable bonds is 7. The summed E-state index contributed by atoms with van der Waals surface area (Å²) in [6, 6.07) is 9.27. The average molecular weight is 399 g/mol. The summed E-state index contributed by atoms with van der Waals surface area (Å²) < 4.78 is 5.73. The van der Waals surface area contributed by atoms with Crippen LogP contribution in [0.1, 0.15) is 17.7 Å². The number of nitrogens with zero attached hydrogens (tertiary/aromatic N) is 1. The van der Waals surface area contributed by atoms with Crippen LogP contribution in [-0.4, -0.2) is 36.6 Å². The largest absolute Gasteiger partial charge is 0.377 e. The number of carbonyl (C=O) groups excluding carboxylic acids is 1. The van der Waals surface area contributed by atoms with Crippen LogP contribution >= 0.6 is 34.5 Å². The van der Waals surface area contributed by atoms with Gasteiger partial charge in [-0.15, -0.1) is 11.3 Å². The van der Waals surface area contributed by atoms with Crippen molar-refractivity contribution in [2.24, 2.45) is 0 Å². The normalized spacial score (nSPS) is 17.2. The smallest absolute Gasteiger partial charge is 0.238 e. The van der Waals surface area contributed by atoms with Gasteiger partial charge in [-0.3, -0.25) is 9.69 Å². The Morgan fingerprint density at radius 2 is 2.08 bits per heavy atom. The summed E-state index contributed by atoms with van der Waals surface area (Å²) >= 11 is 14.0. The van der Waals surface area contributed by atoms with Gasteiger partial charge in [0.05, 0.1) is 28.4 Å². The molecule has 1 aliphatic heterocycles. The lowest BCUT2D eigenvalue weighted by Crippen LogP contribution is -2.37. The van der Waals surface area contributed by atoms with Gasteiger partial charge in [-0.05, 0) is 36.4 Å². The van der Waals surface area contributed by atoms with Crippen LogP contribution in [0, 0.1) is 0 Å². The molecule has 0 saturated carbocycles. The first kappa shape index (κ1) is 18.7. The molecule has 1 aromatic carbocycles. The summed E-state index contributed by atoms with van der Waals surface area (Å²) in [6.07, 6.45) is 2.31. The molecule has 2 heterocycles. The minimum Gasteiger partial charge on any atom is -0.377 e. The van der Waals surface area contributed by atoms with E-state index in [0.29, 0.717) is 15.7 Å². The third-order valence-electron chi connectivity index (χ3n) is 4.04. The molecule has 25 heavy (non-hydrogen) atoms. The van der Waals surface area contributed by atoms with E-state index in [1.807, 2.05) is 11.4 Å². The summed E-state index contributed by atoms with van der Waals surface area (Å²) in [6.45, 7) is 2.53. The van der Waals surface area contributed by atoms with Crippen LogP contribution in [0.2, 0.25) is 10.0 Å². The maximum atomic E-state index is 12.5. The fourth-order valence-corrected chi connectivity index (χ4v) is 4.12. The van der Waals surface area contributed by atoms with E-state index in [4.69, 9.17) is 27.9 Å². The number of ether oxygens (including phenoxy) is 1. The first-order valence-electron chi connectivity index (χ1n) is 8.22. The van der Waals surface area contributed by atoms with E-state index < -0.39 is 0 Å². The Balaban J connectivity index is 1.64. The van der Waals surface area contributed by atoms with Crippen molar-refractivity contribution in [1.29, 1.82) is 0 Å². The highest BCUT2D eigenvalue weighted by atomic mass is 35.5. The first-order chi connectivity index (χ1) is 12.1. The molecule has 1 unspecified atom stereocenters. The van der Waals surface area contributed by atoms with Crippen LogP contribution in [0.3, 0.4) is 0 Å². The molecule has 1 amide bonds. The Morgan fingerprint density at radius 1 is 1.28 bits per heavy atom. The number of nitrogens with one attached hydrogen (secondary N) is 1. The molecule has 1 N–H and O–H groups in total. The molecule has 2 aromatic rings. The predicted octanol–water partition coefficient (Wildman–Crippen LogP) is 4.67. The van der Waals surface area contributed by atoms with Crippen molar-refractivity contribution in [3.8, 4) is 0 Å². The van der Waals surface area contributed by atoms with Gasteiger partial charge in [0.1, 0.15) is 0 Å². The topological polar surface area (TPSA) is 41.6 Å². The van der Waals surface area contributed by atoms with E-state index in [1.165, 1.54) is 4.88 Å². The maximum absolute atomic E-state index is 12.5. The van der Waals surface area contributed by atoms with E-state index in [-0.39, 0.29) is 18.6 Å². The molecule has 1 atom stereocenters. The van der Waals surface area contributed by atoms with Crippen molar-refractivity contribution in [3.05, 3.63) is 50.6 Å². The van der Waals surface area contributed by atoms with Gasteiger partial charge in [0.25, 0.3) is 0 Å². The van der Waals surface area contributed by atoms with Gasteiger partial charge in [0.15, 0.2) is 0 Å². The molecular formula is C18H20Cl2N2O2S. The van der Waals surface area contributed by atoms with Crippen molar-refractivity contribution in [2.75, 3.05) is 25.0 Å². The van der Waals surface area contributed by atoms with E-state index >= 15 is 0 Å². The van der Waals surface area contributed by atoms with Crippen LogP contribution < -0.4 is 5.32 Å². The van der Waals surface area contributed by atoms with E-state index in [0.717, 1.165) is 32.5 Å². The standard InChI is InChI=1S/C18H20Cl2N2O2S/c19-15-6-1-7-16(20)18(15)21-17(23)12-22(10-13-4-2-8-24-13)11-14-5-3-9-25-14/h1,3,5-7,9,13H,2,4,8,10-12H2,(H,21,23). The lowest BCUT2D eigenvalue weighted by Gasteiger charge is -2.24. The van der Waals surface area contributed by atoms with Crippen molar-refractivity contribution >= 4 is 46.1 Å². The molecule has 0 bridgehead atoms. The van der Waals surface area contributed by atoms with Gasteiger partial charge in [-0.1, -0.05) is 35.3 Å². The minimum atomic E-state index is -0.135. The summed E-state index contributed by atoms with van der Waals surface area (Å²) in [5.74, 6) is -0.135. The van der Waals surface area contributed by atoms with Gasteiger partial charge in [0, 0.05) is 24.6 Å². The number of thiophene rings is 1. The van der Waals surface area contributed by atoms with Crippen LogP contribution in [0.4, 0.5) is 5.69 Å². The quantitative estimate of drug-likeness (QED) is 0.736. The fraction of sp³-hybridized carbons (Fsp3) is 0.389. The van der Waals surface area contributed by atoms with Gasteiger partial charge in [-0.25, -0.2) is 0 Å². The molecule has 4 nitrogen and oxygen atoms in total. The number of anilines is 1. The number of carbonyl (C=O) groups is 1. The number of hydrogen-bond acceptors (Lipinski definition) is 4. The van der Waals surface area contributed by atoms with Crippen LogP contribution in [0.5, 0.6) is 0 Å². The number of hydrogen-bond donors (Lipinski definition) is 1. The summed E-state index contributed by atoms with van der Waals surface area (Å²) in [4.78, 5) is 15.9. The number of benzene rings is 1. The molecule has 134 valence electrons. The van der Waals surface area contributed by atoms with Crippen LogP contribution in [0.25, 0.3) is 0 Å². The molecule has 0 radical (unpaired) electrons. The predicted molar refractivity (Wildman–Crippen MR) is 104 cm³/mol. The zero-order valence-electron chi connectivity index (χ0n) is 13.7. The third kappa shape index (κ3) is 5.43. The van der Waals surface area contributed by atoms with Crippen LogP contribution in [0.15, 0.2) is 35.7 Å². The SMILES string of the molecule is O=C(CN(Cc1cccs1)CC1CCCO1)Nc1c(Cl)cccc1Cl. The van der Waals surface area contributed by atoms with Crippen molar-refractivity contribution < 1.29 is 9.53 Å². The number of amides is 1. The highest BCUT2D eigenvalue weighted by Crippen LogP contribution is 2.29. The molecule has 3 rings (SSSR count). The molecule has 0 aliphatic carbocycles. The minimum absolute atomic E-state index is 0.135. The first-order valence-corrected chi connectivity index (χ1v) is 9.85.